The van der Waals surface area contributed by atoms with Gasteiger partial charge in [-0.25, -0.2) is 0 Å². The van der Waals surface area contributed by atoms with Crippen molar-refractivity contribution in [1.29, 1.82) is 0 Å². The summed E-state index contributed by atoms with van der Waals surface area (Å²) in [5.41, 5.74) is 0.530. The van der Waals surface area contributed by atoms with E-state index in [1.807, 2.05) is 0 Å². The van der Waals surface area contributed by atoms with Crippen LogP contribution < -0.4 is 14.8 Å². The fourth-order valence-electron chi connectivity index (χ4n) is 1.76. The highest BCUT2D eigenvalue weighted by Crippen LogP contribution is 2.31. The molecule has 1 rings (SSSR count). The fraction of sp³-hybridized carbons (Fsp3) is 0.462. The third-order valence-corrected chi connectivity index (χ3v) is 2.83. The van der Waals surface area contributed by atoms with Gasteiger partial charge in [0, 0.05) is 0 Å². The SMILES string of the molecule is CN[C@H](C(=O)OC)[C@H](O)c1ccc(OC)c(OC)c1. The van der Waals surface area contributed by atoms with E-state index in [2.05, 4.69) is 10.1 Å². The van der Waals surface area contributed by atoms with Gasteiger partial charge in [-0.2, -0.15) is 0 Å². The minimum absolute atomic E-state index is 0.485. The number of methoxy groups -OCH3 is 3. The van der Waals surface area contributed by atoms with Gasteiger partial charge in [0.2, 0.25) is 0 Å². The van der Waals surface area contributed by atoms with Crippen molar-refractivity contribution < 1.29 is 24.1 Å². The number of esters is 1. The van der Waals surface area contributed by atoms with Crippen molar-refractivity contribution in [3.63, 3.8) is 0 Å². The number of rotatable bonds is 6. The molecule has 0 aliphatic heterocycles. The van der Waals surface area contributed by atoms with Crippen LogP contribution in [-0.4, -0.2) is 45.5 Å². The Morgan fingerprint density at radius 3 is 2.32 bits per heavy atom. The zero-order valence-electron chi connectivity index (χ0n) is 11.5. The van der Waals surface area contributed by atoms with E-state index in [0.29, 0.717) is 17.1 Å². The van der Waals surface area contributed by atoms with E-state index in [1.165, 1.54) is 21.3 Å². The molecule has 0 spiro atoms. The quantitative estimate of drug-likeness (QED) is 0.732. The molecule has 2 atom stereocenters. The fourth-order valence-corrected chi connectivity index (χ4v) is 1.76. The number of hydrogen-bond acceptors (Lipinski definition) is 6. The van der Waals surface area contributed by atoms with E-state index in [4.69, 9.17) is 9.47 Å². The highest BCUT2D eigenvalue weighted by molar-refractivity contribution is 5.76. The summed E-state index contributed by atoms with van der Waals surface area (Å²) in [5.74, 6) is 0.501. The minimum Gasteiger partial charge on any atom is -0.493 e. The molecule has 6 nitrogen and oxygen atoms in total. The first-order chi connectivity index (χ1) is 9.08. The van der Waals surface area contributed by atoms with Gasteiger partial charge in [0.15, 0.2) is 11.5 Å². The van der Waals surface area contributed by atoms with Crippen LogP contribution in [0.5, 0.6) is 11.5 Å². The third kappa shape index (κ3) is 3.36. The maximum Gasteiger partial charge on any atom is 0.325 e. The van der Waals surface area contributed by atoms with Crippen molar-refractivity contribution in [2.24, 2.45) is 0 Å². The molecule has 2 N–H and O–H groups in total. The summed E-state index contributed by atoms with van der Waals surface area (Å²) in [5, 5.41) is 12.9. The summed E-state index contributed by atoms with van der Waals surface area (Å²) in [6.07, 6.45) is -1.04. The van der Waals surface area contributed by atoms with Crippen molar-refractivity contribution in [2.75, 3.05) is 28.4 Å². The second kappa shape index (κ2) is 6.96. The number of nitrogens with one attached hydrogen (secondary N) is 1. The van der Waals surface area contributed by atoms with E-state index in [1.54, 1.807) is 25.2 Å². The highest BCUT2D eigenvalue weighted by Gasteiger charge is 2.28. The van der Waals surface area contributed by atoms with Gasteiger partial charge >= 0.3 is 5.97 Å². The van der Waals surface area contributed by atoms with Crippen LogP contribution in [0.2, 0.25) is 0 Å². The lowest BCUT2D eigenvalue weighted by molar-refractivity contribution is -0.146. The monoisotopic (exact) mass is 269 g/mol. The molecule has 1 aromatic carbocycles. The number of aliphatic hydroxyl groups is 1. The van der Waals surface area contributed by atoms with E-state index in [0.717, 1.165) is 0 Å². The topological polar surface area (TPSA) is 77.0 Å². The average Bonchev–Trinajstić information content (AvgIpc) is 2.46. The Labute approximate surface area is 112 Å². The maximum absolute atomic E-state index is 11.5. The predicted molar refractivity (Wildman–Crippen MR) is 69.4 cm³/mol. The number of hydrogen-bond donors (Lipinski definition) is 2. The molecular weight excluding hydrogens is 250 g/mol. The van der Waals surface area contributed by atoms with Crippen molar-refractivity contribution in [3.8, 4) is 11.5 Å². The van der Waals surface area contributed by atoms with E-state index in [-0.39, 0.29) is 0 Å². The van der Waals surface area contributed by atoms with Crippen molar-refractivity contribution in [3.05, 3.63) is 23.8 Å². The van der Waals surface area contributed by atoms with Crippen LogP contribution in [0.1, 0.15) is 11.7 Å². The second-order valence-electron chi connectivity index (χ2n) is 3.85. The molecule has 0 saturated carbocycles. The molecule has 19 heavy (non-hydrogen) atoms. The van der Waals surface area contributed by atoms with Gasteiger partial charge in [-0.3, -0.25) is 4.79 Å². The Hall–Kier alpha value is -1.79. The summed E-state index contributed by atoms with van der Waals surface area (Å²) in [6, 6.07) is 4.11. The Kier molecular flexibility index (Phi) is 5.59. The van der Waals surface area contributed by atoms with E-state index < -0.39 is 18.1 Å². The van der Waals surface area contributed by atoms with Crippen LogP contribution >= 0.6 is 0 Å². The second-order valence-corrected chi connectivity index (χ2v) is 3.85. The number of carbonyl (C=O) groups excluding carboxylic acids is 1. The van der Waals surface area contributed by atoms with Crippen molar-refractivity contribution in [2.45, 2.75) is 12.1 Å². The summed E-state index contributed by atoms with van der Waals surface area (Å²) in [6.45, 7) is 0. The zero-order chi connectivity index (χ0) is 14.4. The molecule has 6 heteroatoms. The minimum atomic E-state index is -1.04. The normalized spacial score (nSPS) is 13.5. The van der Waals surface area contributed by atoms with Gasteiger partial charge in [0.05, 0.1) is 21.3 Å². The first-order valence-electron chi connectivity index (χ1n) is 5.74. The average molecular weight is 269 g/mol. The van der Waals surface area contributed by atoms with E-state index in [9.17, 15) is 9.90 Å². The summed E-state index contributed by atoms with van der Waals surface area (Å²) in [7, 11) is 5.88. The van der Waals surface area contributed by atoms with Gasteiger partial charge in [-0.1, -0.05) is 6.07 Å². The Morgan fingerprint density at radius 1 is 1.21 bits per heavy atom. The lowest BCUT2D eigenvalue weighted by Crippen LogP contribution is -2.40. The summed E-state index contributed by atoms with van der Waals surface area (Å²) < 4.78 is 14.9. The number of aliphatic hydroxyl groups excluding tert-OH is 1. The molecule has 106 valence electrons. The molecular formula is C13H19NO5. The largest absolute Gasteiger partial charge is 0.493 e. The van der Waals surface area contributed by atoms with Gasteiger partial charge < -0.3 is 24.6 Å². The van der Waals surface area contributed by atoms with Gasteiger partial charge in [0.1, 0.15) is 12.1 Å². The standard InChI is InChI=1S/C13H19NO5/c1-14-11(13(16)19-4)12(15)8-5-6-9(17-2)10(7-8)18-3/h5-7,11-12,14-15H,1-4H3/t11-,12+/m0/s1. The molecule has 0 heterocycles. The zero-order valence-corrected chi connectivity index (χ0v) is 11.5. The molecule has 0 amide bonds. The molecule has 0 saturated heterocycles. The molecule has 0 aliphatic carbocycles. The van der Waals surface area contributed by atoms with Crippen molar-refractivity contribution in [1.82, 2.24) is 5.32 Å². The summed E-state index contributed by atoms with van der Waals surface area (Å²) in [4.78, 5) is 11.5. The highest BCUT2D eigenvalue weighted by atomic mass is 16.5. The number of likely N-dealkylation sites (N-methyl/N-ethyl adjacent to an activating group) is 1. The van der Waals surface area contributed by atoms with Crippen molar-refractivity contribution >= 4 is 5.97 Å². The Bertz CT molecular complexity index is 435. The Morgan fingerprint density at radius 2 is 1.84 bits per heavy atom. The molecule has 0 aliphatic rings. The number of benzene rings is 1. The molecule has 0 fully saturated rings. The third-order valence-electron chi connectivity index (χ3n) is 2.83. The number of ether oxygens (including phenoxy) is 3. The number of carbonyl (C=O) groups is 1. The van der Waals surface area contributed by atoms with Gasteiger partial charge in [-0.05, 0) is 24.7 Å². The van der Waals surface area contributed by atoms with E-state index >= 15 is 0 Å². The smallest absolute Gasteiger partial charge is 0.325 e. The van der Waals surface area contributed by atoms with Gasteiger partial charge in [-0.15, -0.1) is 0 Å². The first-order valence-corrected chi connectivity index (χ1v) is 5.74. The van der Waals surface area contributed by atoms with Crippen LogP contribution in [-0.2, 0) is 9.53 Å². The molecule has 0 aromatic heterocycles. The lowest BCUT2D eigenvalue weighted by atomic mass is 10.0. The van der Waals surface area contributed by atoms with Crippen LogP contribution in [0, 0.1) is 0 Å². The maximum atomic E-state index is 11.5. The molecule has 1 aromatic rings. The summed E-state index contributed by atoms with van der Waals surface area (Å²) >= 11 is 0. The van der Waals surface area contributed by atoms with Crippen LogP contribution in [0.25, 0.3) is 0 Å². The van der Waals surface area contributed by atoms with Crippen LogP contribution in [0.4, 0.5) is 0 Å². The van der Waals surface area contributed by atoms with Gasteiger partial charge in [0.25, 0.3) is 0 Å². The Balaban J connectivity index is 3.04. The molecule has 0 radical (unpaired) electrons. The predicted octanol–water partition coefficient (Wildman–Crippen LogP) is 0.498. The molecule has 0 bridgehead atoms. The van der Waals surface area contributed by atoms with Crippen LogP contribution in [0.3, 0.4) is 0 Å². The molecule has 0 unspecified atom stereocenters. The van der Waals surface area contributed by atoms with Crippen LogP contribution in [0.15, 0.2) is 18.2 Å². The lowest BCUT2D eigenvalue weighted by Gasteiger charge is -2.21. The first kappa shape index (κ1) is 15.3.